The Kier molecular flexibility index (Phi) is 10.6. The largest absolute Gasteiger partial charge is 0.508 e. The number of phenolic OH excluding ortho intramolecular Hbond substituents is 1. The minimum Gasteiger partial charge on any atom is -0.508 e. The fourth-order valence-corrected chi connectivity index (χ4v) is 6.04. The quantitative estimate of drug-likeness (QED) is 0.372. The van der Waals surface area contributed by atoms with Crippen molar-refractivity contribution in [3.8, 4) is 5.75 Å². The lowest BCUT2D eigenvalue weighted by Crippen LogP contribution is -2.76. The zero-order valence-electron chi connectivity index (χ0n) is 26.4. The van der Waals surface area contributed by atoms with Crippen molar-refractivity contribution in [2.24, 2.45) is 0 Å². The Morgan fingerprint density at radius 2 is 1.70 bits per heavy atom. The minimum atomic E-state index is -0.903. The van der Waals surface area contributed by atoms with Gasteiger partial charge in [0.15, 0.2) is 0 Å². The van der Waals surface area contributed by atoms with E-state index in [0.29, 0.717) is 12.2 Å². The van der Waals surface area contributed by atoms with Gasteiger partial charge in [0.2, 0.25) is 11.8 Å². The molecule has 0 saturated carbocycles. The van der Waals surface area contributed by atoms with E-state index in [0.717, 1.165) is 16.7 Å². The molecule has 3 aromatic rings. The smallest absolute Gasteiger partial charge is 0.334 e. The highest BCUT2D eigenvalue weighted by molar-refractivity contribution is 5.92. The first-order valence-corrected chi connectivity index (χ1v) is 15.2. The normalized spacial score (nSPS) is 19.1. The molecule has 4 amide bonds. The van der Waals surface area contributed by atoms with Crippen molar-refractivity contribution < 1.29 is 23.9 Å². The summed E-state index contributed by atoms with van der Waals surface area (Å²) in [4.78, 5) is 46.8. The number of fused-ring (bicyclic) bond motifs is 1. The van der Waals surface area contributed by atoms with Crippen molar-refractivity contribution in [3.63, 3.8) is 0 Å². The van der Waals surface area contributed by atoms with Gasteiger partial charge in [0.05, 0.1) is 24.8 Å². The Balaban J connectivity index is 0.00000480. The molecule has 10 nitrogen and oxygen atoms in total. The van der Waals surface area contributed by atoms with Crippen molar-refractivity contribution in [1.82, 2.24) is 25.1 Å². The molecule has 3 atom stereocenters. The first-order valence-electron chi connectivity index (χ1n) is 15.2. The number of rotatable bonds is 8. The van der Waals surface area contributed by atoms with Crippen LogP contribution in [0.2, 0.25) is 0 Å². The molecule has 46 heavy (non-hydrogen) atoms. The van der Waals surface area contributed by atoms with Crippen molar-refractivity contribution in [1.29, 1.82) is 0 Å². The van der Waals surface area contributed by atoms with Gasteiger partial charge >= 0.3 is 6.03 Å². The number of hydrogen-bond donors (Lipinski definition) is 2. The number of urea groups is 1. The molecular weight excluding hydrogens is 587 g/mol. The van der Waals surface area contributed by atoms with Gasteiger partial charge in [-0.2, -0.15) is 0 Å². The zero-order valence-corrected chi connectivity index (χ0v) is 26.4. The summed E-state index contributed by atoms with van der Waals surface area (Å²) in [6.07, 6.45) is -0.592. The van der Waals surface area contributed by atoms with Crippen LogP contribution in [0.3, 0.4) is 0 Å². The van der Waals surface area contributed by atoms with Gasteiger partial charge in [-0.25, -0.2) is 19.2 Å². The molecule has 2 heterocycles. The number of phenols is 1. The molecule has 0 aromatic heterocycles. The van der Waals surface area contributed by atoms with Gasteiger partial charge < -0.3 is 25.1 Å². The first kappa shape index (κ1) is 34.2. The summed E-state index contributed by atoms with van der Waals surface area (Å²) in [5, 5.41) is 15.9. The maximum Gasteiger partial charge on any atom is 0.334 e. The van der Waals surface area contributed by atoms with Crippen LogP contribution in [-0.2, 0) is 22.6 Å². The van der Waals surface area contributed by atoms with E-state index in [1.54, 1.807) is 53.4 Å². The van der Waals surface area contributed by atoms with Gasteiger partial charge in [0, 0.05) is 33.1 Å². The molecule has 2 saturated heterocycles. The van der Waals surface area contributed by atoms with E-state index >= 15 is 0 Å². The van der Waals surface area contributed by atoms with Crippen molar-refractivity contribution in [2.75, 3.05) is 32.1 Å². The molecular formula is C35H45FN6O4. The molecule has 2 aliphatic rings. The lowest BCUT2D eigenvalue weighted by Gasteiger charge is -2.55. The minimum absolute atomic E-state index is 0. The van der Waals surface area contributed by atoms with E-state index in [-0.39, 0.29) is 56.4 Å². The van der Waals surface area contributed by atoms with Gasteiger partial charge in [-0.3, -0.25) is 9.59 Å². The molecule has 0 unspecified atom stereocenters. The number of nitrogens with one attached hydrogen (secondary N) is 1. The molecule has 2 N–H and O–H groups in total. The van der Waals surface area contributed by atoms with Gasteiger partial charge in [0.25, 0.3) is 0 Å². The van der Waals surface area contributed by atoms with Gasteiger partial charge in [-0.05, 0) is 61.7 Å². The Morgan fingerprint density at radius 3 is 2.35 bits per heavy atom. The first-order chi connectivity index (χ1) is 21.5. The number of benzene rings is 3. The third kappa shape index (κ3) is 6.94. The lowest BCUT2D eigenvalue weighted by molar-refractivity contribution is -0.189. The topological polar surface area (TPSA) is 99.7 Å². The Labute approximate surface area is 271 Å². The molecule has 0 aliphatic carbocycles. The Bertz CT molecular complexity index is 1540. The summed E-state index contributed by atoms with van der Waals surface area (Å²) in [5.41, 5.74) is 2.85. The molecule has 5 rings (SSSR count). The molecule has 0 radical (unpaired) electrons. The predicted octanol–water partition coefficient (Wildman–Crippen LogP) is 4.75. The number of carbonyl (C=O) groups excluding carboxylic acids is 3. The summed E-state index contributed by atoms with van der Waals surface area (Å²) in [6, 6.07) is 19.2. The van der Waals surface area contributed by atoms with Crippen molar-refractivity contribution in [3.05, 3.63) is 95.3 Å². The SMILES string of the molecule is C.CC(C)N(C)c1cc([C@H](C)N2C[C@H]3N(C(=O)CN(C)N3C(=O)NCc3ccccc3)[C@@H](Cc3ccc(O)cc3)C2=O)ccc1F. The van der Waals surface area contributed by atoms with Crippen LogP contribution in [0.5, 0.6) is 5.75 Å². The molecule has 246 valence electrons. The van der Waals surface area contributed by atoms with E-state index in [1.807, 2.05) is 63.1 Å². The van der Waals surface area contributed by atoms with E-state index in [9.17, 15) is 23.9 Å². The second-order valence-electron chi connectivity index (χ2n) is 12.1. The van der Waals surface area contributed by atoms with Crippen LogP contribution in [0.1, 0.15) is 50.9 Å². The maximum absolute atomic E-state index is 14.9. The highest BCUT2D eigenvalue weighted by atomic mass is 19.1. The Hall–Kier alpha value is -4.64. The van der Waals surface area contributed by atoms with Crippen LogP contribution >= 0.6 is 0 Å². The molecule has 3 aromatic carbocycles. The molecule has 2 aliphatic heterocycles. The van der Waals surface area contributed by atoms with E-state index in [2.05, 4.69) is 5.32 Å². The second-order valence-corrected chi connectivity index (χ2v) is 12.1. The van der Waals surface area contributed by atoms with Crippen molar-refractivity contribution >= 4 is 23.5 Å². The zero-order chi connectivity index (χ0) is 32.4. The highest BCUT2D eigenvalue weighted by Gasteiger charge is 2.51. The summed E-state index contributed by atoms with van der Waals surface area (Å²) in [6.45, 7) is 6.11. The standard InChI is InChI=1S/C34H41FN6O4.CH4/c1-22(2)38(5)29-18-26(13-16-28(29)35)23(3)39-20-31-40(30(33(39)44)17-24-11-14-27(42)15-12-24)32(43)21-37(4)41(31)34(45)36-19-25-9-7-6-8-10-25;/h6-16,18,22-23,30-31,42H,17,19-21H2,1-5H3,(H,36,45);1H4/t23-,30-,31-;/m0./s1. The maximum atomic E-state index is 14.9. The number of carbonyl (C=O) groups is 3. The van der Waals surface area contributed by atoms with Crippen LogP contribution in [0, 0.1) is 5.82 Å². The number of hydrogen-bond acceptors (Lipinski definition) is 6. The van der Waals surface area contributed by atoms with E-state index in [1.165, 1.54) is 16.0 Å². The fraction of sp³-hybridized carbons (Fsp3) is 0.400. The molecule has 11 heteroatoms. The van der Waals surface area contributed by atoms with E-state index in [4.69, 9.17) is 0 Å². The number of halogens is 1. The van der Waals surface area contributed by atoms with E-state index < -0.39 is 24.3 Å². The van der Waals surface area contributed by atoms with Crippen LogP contribution < -0.4 is 10.2 Å². The van der Waals surface area contributed by atoms with Crippen LogP contribution in [0.25, 0.3) is 0 Å². The third-order valence-electron chi connectivity index (χ3n) is 8.82. The Morgan fingerprint density at radius 1 is 1.02 bits per heavy atom. The monoisotopic (exact) mass is 632 g/mol. The lowest BCUT2D eigenvalue weighted by atomic mass is 9.96. The fourth-order valence-electron chi connectivity index (χ4n) is 6.04. The van der Waals surface area contributed by atoms with Crippen LogP contribution in [-0.4, -0.2) is 88.2 Å². The summed E-state index contributed by atoms with van der Waals surface area (Å²) in [5.74, 6) is -0.791. The molecule has 0 bridgehead atoms. The van der Waals surface area contributed by atoms with Gasteiger partial charge in [0.1, 0.15) is 23.8 Å². The van der Waals surface area contributed by atoms with Crippen LogP contribution in [0.15, 0.2) is 72.8 Å². The average molecular weight is 633 g/mol. The molecule has 2 fully saturated rings. The van der Waals surface area contributed by atoms with Crippen molar-refractivity contribution in [2.45, 2.75) is 65.5 Å². The van der Waals surface area contributed by atoms with Gasteiger partial charge in [-0.15, -0.1) is 0 Å². The summed E-state index contributed by atoms with van der Waals surface area (Å²) >= 11 is 0. The highest BCUT2D eigenvalue weighted by Crippen LogP contribution is 2.34. The second kappa shape index (κ2) is 14.2. The third-order valence-corrected chi connectivity index (χ3v) is 8.82. The van der Waals surface area contributed by atoms with Gasteiger partial charge in [-0.1, -0.05) is 56.0 Å². The summed E-state index contributed by atoms with van der Waals surface area (Å²) < 4.78 is 14.9. The number of hydrazine groups is 1. The number of nitrogens with zero attached hydrogens (tertiary/aromatic N) is 5. The number of anilines is 1. The number of likely N-dealkylation sites (N-methyl/N-ethyl adjacent to an activating group) is 1. The average Bonchev–Trinajstić information content (AvgIpc) is 3.02. The number of aromatic hydroxyl groups is 1. The van der Waals surface area contributed by atoms with Crippen LogP contribution in [0.4, 0.5) is 14.9 Å². The summed E-state index contributed by atoms with van der Waals surface area (Å²) in [7, 11) is 3.51. The predicted molar refractivity (Wildman–Crippen MR) is 176 cm³/mol. The number of amides is 4. The number of piperazine rings is 1. The molecule has 0 spiro atoms.